The van der Waals surface area contributed by atoms with Gasteiger partial charge in [0.15, 0.2) is 0 Å². The maximum absolute atomic E-state index is 5.61. The second-order valence-corrected chi connectivity index (χ2v) is 4.07. The van der Waals surface area contributed by atoms with Crippen molar-refractivity contribution in [2.75, 3.05) is 11.1 Å². The number of pyridine rings is 1. The lowest BCUT2D eigenvalue weighted by molar-refractivity contribution is 1.14. The Morgan fingerprint density at radius 2 is 2.19 bits per heavy atom. The number of hydrogen-bond acceptors (Lipinski definition) is 5. The van der Waals surface area contributed by atoms with E-state index in [1.807, 2.05) is 13.0 Å². The second-order valence-electron chi connectivity index (χ2n) is 3.25. The molecule has 0 saturated carbocycles. The van der Waals surface area contributed by atoms with Crippen molar-refractivity contribution in [3.63, 3.8) is 0 Å². The molecule has 0 aromatic carbocycles. The average Bonchev–Trinajstić information content (AvgIpc) is 2.20. The molecule has 0 aliphatic rings. The molecule has 0 unspecified atom stereocenters. The predicted octanol–water partition coefficient (Wildman–Crippen LogP) is 2.27. The molecule has 82 valence electrons. The van der Waals surface area contributed by atoms with Crippen molar-refractivity contribution in [3.8, 4) is 0 Å². The van der Waals surface area contributed by atoms with Crippen LogP contribution in [0.4, 0.5) is 17.5 Å². The van der Waals surface area contributed by atoms with E-state index >= 15 is 0 Å². The topological polar surface area (TPSA) is 76.7 Å². The summed E-state index contributed by atoms with van der Waals surface area (Å²) in [7, 11) is 0. The third kappa shape index (κ3) is 2.46. The molecule has 5 nitrogen and oxygen atoms in total. The first kappa shape index (κ1) is 10.8. The van der Waals surface area contributed by atoms with Crippen molar-refractivity contribution in [1.29, 1.82) is 0 Å². The Bertz CT molecular complexity index is 494. The van der Waals surface area contributed by atoms with Crippen LogP contribution >= 0.6 is 15.9 Å². The third-order valence-electron chi connectivity index (χ3n) is 2.00. The van der Waals surface area contributed by atoms with Crippen molar-refractivity contribution in [3.05, 3.63) is 34.7 Å². The van der Waals surface area contributed by atoms with Crippen molar-refractivity contribution < 1.29 is 0 Å². The summed E-state index contributed by atoms with van der Waals surface area (Å²) in [4.78, 5) is 12.3. The fourth-order valence-electron chi connectivity index (χ4n) is 1.21. The molecule has 6 heteroatoms. The minimum atomic E-state index is 0.408. The summed E-state index contributed by atoms with van der Waals surface area (Å²) >= 11 is 3.26. The minimum absolute atomic E-state index is 0.408. The number of anilines is 3. The maximum atomic E-state index is 5.61. The van der Waals surface area contributed by atoms with E-state index in [4.69, 9.17) is 5.73 Å². The largest absolute Gasteiger partial charge is 0.383 e. The normalized spacial score (nSPS) is 10.1. The van der Waals surface area contributed by atoms with Crippen LogP contribution in [0, 0.1) is 6.92 Å². The Labute approximate surface area is 101 Å². The number of nitrogens with zero attached hydrogens (tertiary/aromatic N) is 3. The van der Waals surface area contributed by atoms with Gasteiger partial charge in [-0.05, 0) is 34.5 Å². The van der Waals surface area contributed by atoms with Crippen molar-refractivity contribution >= 4 is 33.4 Å². The Hall–Kier alpha value is -1.69. The lowest BCUT2D eigenvalue weighted by Crippen LogP contribution is -2.01. The third-order valence-corrected chi connectivity index (χ3v) is 2.41. The van der Waals surface area contributed by atoms with E-state index in [-0.39, 0.29) is 0 Å². The summed E-state index contributed by atoms with van der Waals surface area (Å²) < 4.78 is 0.643. The summed E-state index contributed by atoms with van der Waals surface area (Å²) in [6.45, 7) is 1.98. The van der Waals surface area contributed by atoms with Gasteiger partial charge in [-0.25, -0.2) is 4.98 Å². The van der Waals surface area contributed by atoms with Crippen LogP contribution in [0.1, 0.15) is 5.56 Å². The van der Waals surface area contributed by atoms with Crippen LogP contribution in [-0.4, -0.2) is 15.0 Å². The van der Waals surface area contributed by atoms with Crippen LogP contribution < -0.4 is 11.1 Å². The van der Waals surface area contributed by atoms with Crippen LogP contribution in [0.15, 0.2) is 29.1 Å². The summed E-state index contributed by atoms with van der Waals surface area (Å²) in [5, 5.41) is 3.06. The molecule has 16 heavy (non-hydrogen) atoms. The quantitative estimate of drug-likeness (QED) is 0.825. The van der Waals surface area contributed by atoms with Crippen molar-refractivity contribution in [1.82, 2.24) is 15.0 Å². The van der Waals surface area contributed by atoms with Gasteiger partial charge in [0, 0.05) is 12.3 Å². The molecule has 2 rings (SSSR count). The van der Waals surface area contributed by atoms with Crippen LogP contribution in [0.25, 0.3) is 0 Å². The molecular formula is C10H10BrN5. The van der Waals surface area contributed by atoms with Gasteiger partial charge >= 0.3 is 0 Å². The molecule has 2 aromatic rings. The van der Waals surface area contributed by atoms with E-state index < -0.39 is 0 Å². The Morgan fingerprint density at radius 1 is 1.38 bits per heavy atom. The van der Waals surface area contributed by atoms with E-state index in [1.54, 1.807) is 18.5 Å². The first-order valence-corrected chi connectivity index (χ1v) is 5.42. The number of hydrogen-bond donors (Lipinski definition) is 2. The molecule has 0 spiro atoms. The van der Waals surface area contributed by atoms with Crippen LogP contribution in [0.2, 0.25) is 0 Å². The lowest BCUT2D eigenvalue weighted by atomic mass is 10.2. The van der Waals surface area contributed by atoms with Crippen LogP contribution in [-0.2, 0) is 0 Å². The molecular weight excluding hydrogens is 270 g/mol. The summed E-state index contributed by atoms with van der Waals surface area (Å²) in [5.41, 5.74) is 7.54. The molecule has 0 saturated heterocycles. The second kappa shape index (κ2) is 4.44. The van der Waals surface area contributed by atoms with Gasteiger partial charge in [-0.1, -0.05) is 0 Å². The fourth-order valence-corrected chi connectivity index (χ4v) is 1.61. The van der Waals surface area contributed by atoms with Gasteiger partial charge in [0.1, 0.15) is 10.4 Å². The van der Waals surface area contributed by atoms with E-state index in [2.05, 4.69) is 36.2 Å². The standard InChI is InChI=1S/C10H10BrN5/c1-6-2-3-13-5-7(6)14-10-15-8(11)4-9(12)16-10/h2-5H,1H3,(H3,12,14,15,16). The molecule has 0 amide bonds. The van der Waals surface area contributed by atoms with Crippen molar-refractivity contribution in [2.45, 2.75) is 6.92 Å². The molecule has 2 heterocycles. The zero-order valence-corrected chi connectivity index (χ0v) is 10.2. The van der Waals surface area contributed by atoms with E-state index in [9.17, 15) is 0 Å². The van der Waals surface area contributed by atoms with Gasteiger partial charge in [-0.3, -0.25) is 4.98 Å². The maximum Gasteiger partial charge on any atom is 0.230 e. The Balaban J connectivity index is 2.30. The molecule has 0 bridgehead atoms. The highest BCUT2D eigenvalue weighted by molar-refractivity contribution is 9.10. The number of rotatable bonds is 2. The number of nitrogens with one attached hydrogen (secondary N) is 1. The Morgan fingerprint density at radius 3 is 2.88 bits per heavy atom. The predicted molar refractivity (Wildman–Crippen MR) is 66.4 cm³/mol. The number of nitrogen functional groups attached to an aromatic ring is 1. The fraction of sp³-hybridized carbons (Fsp3) is 0.100. The SMILES string of the molecule is Cc1ccncc1Nc1nc(N)cc(Br)n1. The number of aryl methyl sites for hydroxylation is 1. The molecule has 0 atom stereocenters. The molecule has 0 aliphatic carbocycles. The van der Waals surface area contributed by atoms with Crippen LogP contribution in [0.5, 0.6) is 0 Å². The highest BCUT2D eigenvalue weighted by Gasteiger charge is 2.03. The lowest BCUT2D eigenvalue weighted by Gasteiger charge is -2.07. The van der Waals surface area contributed by atoms with Crippen molar-refractivity contribution in [2.24, 2.45) is 0 Å². The number of nitrogens with two attached hydrogens (primary N) is 1. The summed E-state index contributed by atoms with van der Waals surface area (Å²) in [6.07, 6.45) is 3.45. The summed E-state index contributed by atoms with van der Waals surface area (Å²) in [5.74, 6) is 0.855. The van der Waals surface area contributed by atoms with E-state index in [1.165, 1.54) is 0 Å². The molecule has 0 radical (unpaired) electrons. The molecule has 0 fully saturated rings. The van der Waals surface area contributed by atoms with Gasteiger partial charge in [0.2, 0.25) is 5.95 Å². The van der Waals surface area contributed by atoms with E-state index in [0.717, 1.165) is 11.3 Å². The van der Waals surface area contributed by atoms with Gasteiger partial charge in [0.25, 0.3) is 0 Å². The molecule has 3 N–H and O–H groups in total. The van der Waals surface area contributed by atoms with Gasteiger partial charge in [-0.15, -0.1) is 0 Å². The average molecular weight is 280 g/mol. The van der Waals surface area contributed by atoms with Gasteiger partial charge in [-0.2, -0.15) is 4.98 Å². The first-order chi connectivity index (χ1) is 7.65. The number of aromatic nitrogens is 3. The van der Waals surface area contributed by atoms with Crippen LogP contribution in [0.3, 0.4) is 0 Å². The first-order valence-electron chi connectivity index (χ1n) is 4.63. The zero-order valence-electron chi connectivity index (χ0n) is 8.61. The highest BCUT2D eigenvalue weighted by Crippen LogP contribution is 2.18. The smallest absolute Gasteiger partial charge is 0.230 e. The monoisotopic (exact) mass is 279 g/mol. The van der Waals surface area contributed by atoms with Gasteiger partial charge in [0.05, 0.1) is 11.9 Å². The zero-order chi connectivity index (χ0) is 11.5. The van der Waals surface area contributed by atoms with Gasteiger partial charge < -0.3 is 11.1 Å². The van der Waals surface area contributed by atoms with E-state index in [0.29, 0.717) is 16.4 Å². The summed E-state index contributed by atoms with van der Waals surface area (Å²) in [6, 6.07) is 3.55. The molecule has 2 aromatic heterocycles. The Kier molecular flexibility index (Phi) is 3.00. The minimum Gasteiger partial charge on any atom is -0.383 e. The number of halogens is 1. The highest BCUT2D eigenvalue weighted by atomic mass is 79.9. The molecule has 0 aliphatic heterocycles.